The highest BCUT2D eigenvalue weighted by atomic mass is 32.2. The third kappa shape index (κ3) is 4.18. The molecule has 0 unspecified atom stereocenters. The maximum atomic E-state index is 12.7. The molecule has 0 aliphatic rings. The summed E-state index contributed by atoms with van der Waals surface area (Å²) in [5, 5.41) is 13.7. The Morgan fingerprint density at radius 3 is 2.61 bits per heavy atom. The minimum atomic E-state index is -0.893. The van der Waals surface area contributed by atoms with Crippen LogP contribution in [0.1, 0.15) is 27.7 Å². The van der Waals surface area contributed by atoms with E-state index in [9.17, 15) is 10.1 Å². The number of rotatable bonds is 6. The van der Waals surface area contributed by atoms with E-state index in [1.54, 1.807) is 18.3 Å². The van der Waals surface area contributed by atoms with E-state index in [2.05, 4.69) is 39.6 Å². The topological polar surface area (TPSA) is 78.7 Å². The Morgan fingerprint density at radius 1 is 1.25 bits per heavy atom. The van der Waals surface area contributed by atoms with E-state index in [1.807, 2.05) is 39.0 Å². The number of carbonyl (C=O) groups is 1. The van der Waals surface area contributed by atoms with E-state index < -0.39 is 5.54 Å². The molecule has 0 saturated carbocycles. The van der Waals surface area contributed by atoms with E-state index in [0.29, 0.717) is 0 Å². The SMILES string of the molecule is CC(C)[C@](C)(C#N)NC(=O)[C@H](C)Sc1ncnc2sc(-c3ccccc3)cc12. The number of thioether (sulfide) groups is 1. The Kier molecular flexibility index (Phi) is 6.01. The standard InChI is InChI=1S/C21H22N4OS2/c1-13(2)21(4,11-22)25-18(26)14(3)27-19-16-10-17(15-8-6-5-7-9-15)28-20(16)24-12-23-19/h5-10,12-14H,1-4H3,(H,25,26)/t14-,21-/m0/s1. The Bertz CT molecular complexity index is 1030. The number of fused-ring (bicyclic) bond motifs is 1. The molecule has 2 heterocycles. The lowest BCUT2D eigenvalue weighted by atomic mass is 9.90. The van der Waals surface area contributed by atoms with Gasteiger partial charge in [0.1, 0.15) is 21.7 Å². The molecule has 0 fully saturated rings. The number of hydrogen-bond acceptors (Lipinski definition) is 6. The number of benzene rings is 1. The average Bonchev–Trinajstić information content (AvgIpc) is 3.13. The molecule has 2 atom stereocenters. The molecule has 1 aromatic carbocycles. The van der Waals surface area contributed by atoms with Crippen molar-refractivity contribution >= 4 is 39.2 Å². The second-order valence-corrected chi connectivity index (χ2v) is 9.45. The van der Waals surface area contributed by atoms with E-state index in [0.717, 1.165) is 25.7 Å². The van der Waals surface area contributed by atoms with E-state index >= 15 is 0 Å². The van der Waals surface area contributed by atoms with Crippen molar-refractivity contribution in [2.75, 3.05) is 0 Å². The number of hydrogen-bond donors (Lipinski definition) is 1. The van der Waals surface area contributed by atoms with Gasteiger partial charge in [-0.3, -0.25) is 4.79 Å². The molecular weight excluding hydrogens is 388 g/mol. The number of nitrogens with zero attached hydrogens (tertiary/aromatic N) is 3. The zero-order chi connectivity index (χ0) is 20.3. The number of nitrogens with one attached hydrogen (secondary N) is 1. The van der Waals surface area contributed by atoms with Crippen LogP contribution in [-0.2, 0) is 4.79 Å². The molecule has 0 aliphatic carbocycles. The molecule has 3 aromatic rings. The summed E-state index contributed by atoms with van der Waals surface area (Å²) in [5.41, 5.74) is 0.240. The lowest BCUT2D eigenvalue weighted by Gasteiger charge is -2.28. The van der Waals surface area contributed by atoms with Gasteiger partial charge in [-0.15, -0.1) is 11.3 Å². The van der Waals surface area contributed by atoms with Gasteiger partial charge in [-0.05, 0) is 31.4 Å². The number of carbonyl (C=O) groups excluding carboxylic acids is 1. The maximum absolute atomic E-state index is 12.7. The van der Waals surface area contributed by atoms with Crippen molar-refractivity contribution in [3.05, 3.63) is 42.7 Å². The zero-order valence-corrected chi connectivity index (χ0v) is 17.9. The van der Waals surface area contributed by atoms with Gasteiger partial charge in [0.05, 0.1) is 11.3 Å². The molecule has 5 nitrogen and oxygen atoms in total. The molecule has 0 radical (unpaired) electrons. The number of aromatic nitrogens is 2. The van der Waals surface area contributed by atoms with Crippen molar-refractivity contribution in [2.45, 2.75) is 43.5 Å². The second kappa shape index (κ2) is 8.29. The highest BCUT2D eigenvalue weighted by molar-refractivity contribution is 8.00. The van der Waals surface area contributed by atoms with Crippen LogP contribution in [0.15, 0.2) is 47.8 Å². The van der Waals surface area contributed by atoms with Gasteiger partial charge >= 0.3 is 0 Å². The van der Waals surface area contributed by atoms with Crippen molar-refractivity contribution in [3.63, 3.8) is 0 Å². The Hall–Kier alpha value is -2.43. The first-order chi connectivity index (χ1) is 13.3. The van der Waals surface area contributed by atoms with Gasteiger partial charge in [-0.1, -0.05) is 55.9 Å². The first-order valence-corrected chi connectivity index (χ1v) is 10.7. The molecule has 0 bridgehead atoms. The van der Waals surface area contributed by atoms with Crippen molar-refractivity contribution < 1.29 is 4.79 Å². The molecule has 0 saturated heterocycles. The molecule has 0 aliphatic heterocycles. The molecule has 1 N–H and O–H groups in total. The zero-order valence-electron chi connectivity index (χ0n) is 16.3. The molecule has 0 spiro atoms. The van der Waals surface area contributed by atoms with Crippen molar-refractivity contribution in [2.24, 2.45) is 5.92 Å². The van der Waals surface area contributed by atoms with Gasteiger partial charge in [0.15, 0.2) is 0 Å². The summed E-state index contributed by atoms with van der Waals surface area (Å²) in [4.78, 5) is 23.5. The van der Waals surface area contributed by atoms with Crippen molar-refractivity contribution in [1.82, 2.24) is 15.3 Å². The molecular formula is C21H22N4OS2. The minimum Gasteiger partial charge on any atom is -0.337 e. The summed E-state index contributed by atoms with van der Waals surface area (Å²) in [6, 6.07) is 14.4. The van der Waals surface area contributed by atoms with Crippen LogP contribution >= 0.6 is 23.1 Å². The van der Waals surface area contributed by atoms with Crippen molar-refractivity contribution in [1.29, 1.82) is 5.26 Å². The highest BCUT2D eigenvalue weighted by Crippen LogP contribution is 2.37. The average molecular weight is 411 g/mol. The van der Waals surface area contributed by atoms with E-state index in [4.69, 9.17) is 0 Å². The van der Waals surface area contributed by atoms with Crippen LogP contribution in [-0.4, -0.2) is 26.7 Å². The lowest BCUT2D eigenvalue weighted by Crippen LogP contribution is -2.51. The third-order valence-electron chi connectivity index (χ3n) is 4.78. The Balaban J connectivity index is 1.83. The number of nitriles is 1. The third-order valence-corrected chi connectivity index (χ3v) is 6.99. The molecule has 3 rings (SSSR count). The fourth-order valence-corrected chi connectivity index (χ4v) is 4.51. The molecule has 7 heteroatoms. The predicted octanol–water partition coefficient (Wildman–Crippen LogP) is 4.89. The molecule has 28 heavy (non-hydrogen) atoms. The van der Waals surface area contributed by atoms with Gasteiger partial charge in [0.2, 0.25) is 5.91 Å². The van der Waals surface area contributed by atoms with Gasteiger partial charge in [-0.2, -0.15) is 5.26 Å². The second-order valence-electron chi connectivity index (χ2n) is 7.09. The smallest absolute Gasteiger partial charge is 0.234 e. The van der Waals surface area contributed by atoms with Crippen molar-refractivity contribution in [3.8, 4) is 16.5 Å². The van der Waals surface area contributed by atoms with E-state index in [-0.39, 0.29) is 17.1 Å². The largest absolute Gasteiger partial charge is 0.337 e. The van der Waals surface area contributed by atoms with Crippen LogP contribution in [0.3, 0.4) is 0 Å². The van der Waals surface area contributed by atoms with Gasteiger partial charge in [0, 0.05) is 10.3 Å². The highest BCUT2D eigenvalue weighted by Gasteiger charge is 2.32. The molecule has 2 aromatic heterocycles. The van der Waals surface area contributed by atoms with Crippen LogP contribution in [0.25, 0.3) is 20.7 Å². The first-order valence-electron chi connectivity index (χ1n) is 9.04. The minimum absolute atomic E-state index is 0.00899. The molecule has 144 valence electrons. The predicted molar refractivity (Wildman–Crippen MR) is 115 cm³/mol. The fraction of sp³-hybridized carbons (Fsp3) is 0.333. The lowest BCUT2D eigenvalue weighted by molar-refractivity contribution is -0.121. The van der Waals surface area contributed by atoms with Gasteiger partial charge < -0.3 is 5.32 Å². The summed E-state index contributed by atoms with van der Waals surface area (Å²) in [6.07, 6.45) is 1.54. The quantitative estimate of drug-likeness (QED) is 0.462. The van der Waals surface area contributed by atoms with E-state index in [1.165, 1.54) is 18.1 Å². The summed E-state index contributed by atoms with van der Waals surface area (Å²) in [6.45, 7) is 7.43. The van der Waals surface area contributed by atoms with Crippen LogP contribution < -0.4 is 5.32 Å². The van der Waals surface area contributed by atoms with Crippen LogP contribution in [0.4, 0.5) is 0 Å². The summed E-state index contributed by atoms with van der Waals surface area (Å²) in [5.74, 6) is -0.164. The summed E-state index contributed by atoms with van der Waals surface area (Å²) >= 11 is 3.00. The first kappa shape index (κ1) is 20.3. The van der Waals surface area contributed by atoms with Crippen LogP contribution in [0.5, 0.6) is 0 Å². The maximum Gasteiger partial charge on any atom is 0.234 e. The summed E-state index contributed by atoms with van der Waals surface area (Å²) < 4.78 is 0. The number of thiophene rings is 1. The Morgan fingerprint density at radius 2 is 1.96 bits per heavy atom. The Labute approximate surface area is 173 Å². The normalized spacial score (nSPS) is 14.4. The van der Waals surface area contributed by atoms with Gasteiger partial charge in [-0.25, -0.2) is 9.97 Å². The fourth-order valence-electron chi connectivity index (χ4n) is 2.55. The van der Waals surface area contributed by atoms with Crippen LogP contribution in [0.2, 0.25) is 0 Å². The van der Waals surface area contributed by atoms with Gasteiger partial charge in [0.25, 0.3) is 0 Å². The van der Waals surface area contributed by atoms with Crippen LogP contribution in [0, 0.1) is 17.2 Å². The number of amides is 1. The molecule has 1 amide bonds. The summed E-state index contributed by atoms with van der Waals surface area (Å²) in [7, 11) is 0. The monoisotopic (exact) mass is 410 g/mol.